The van der Waals surface area contributed by atoms with E-state index in [1.54, 1.807) is 35.0 Å². The SMILES string of the molecule is O=c1c2ccccc2nc(SCc2cc(=O)n3cc(Br)ccc3n2)n1CCCO. The van der Waals surface area contributed by atoms with Gasteiger partial charge in [0, 0.05) is 35.6 Å². The topological polar surface area (TPSA) is 89.5 Å². The summed E-state index contributed by atoms with van der Waals surface area (Å²) in [5.41, 5.74) is 1.48. The number of benzene rings is 1. The highest BCUT2D eigenvalue weighted by atomic mass is 79.9. The Morgan fingerprint density at radius 1 is 1.10 bits per heavy atom. The summed E-state index contributed by atoms with van der Waals surface area (Å²) in [5.74, 6) is 0.395. The molecule has 1 N–H and O–H groups in total. The first kappa shape index (κ1) is 19.8. The van der Waals surface area contributed by atoms with Crippen LogP contribution in [0.5, 0.6) is 0 Å². The lowest BCUT2D eigenvalue weighted by atomic mass is 10.2. The Morgan fingerprint density at radius 2 is 1.93 bits per heavy atom. The molecular weight excluding hydrogens is 456 g/mol. The van der Waals surface area contributed by atoms with Gasteiger partial charge in [-0.1, -0.05) is 23.9 Å². The van der Waals surface area contributed by atoms with Gasteiger partial charge >= 0.3 is 0 Å². The van der Waals surface area contributed by atoms with E-state index in [4.69, 9.17) is 0 Å². The third-order valence-electron chi connectivity index (χ3n) is 4.39. The van der Waals surface area contributed by atoms with Gasteiger partial charge in [-0.15, -0.1) is 0 Å². The highest BCUT2D eigenvalue weighted by Crippen LogP contribution is 2.22. The number of halogens is 1. The molecule has 0 atom stereocenters. The second-order valence-corrected chi connectivity index (χ2v) is 8.25. The van der Waals surface area contributed by atoms with Crippen LogP contribution in [0.1, 0.15) is 12.1 Å². The van der Waals surface area contributed by atoms with Gasteiger partial charge in [0.2, 0.25) is 0 Å². The average molecular weight is 473 g/mol. The lowest BCUT2D eigenvalue weighted by Crippen LogP contribution is -2.24. The van der Waals surface area contributed by atoms with E-state index in [2.05, 4.69) is 25.9 Å². The summed E-state index contributed by atoms with van der Waals surface area (Å²) < 4.78 is 3.85. The maximum Gasteiger partial charge on any atom is 0.262 e. The summed E-state index contributed by atoms with van der Waals surface area (Å²) in [7, 11) is 0. The summed E-state index contributed by atoms with van der Waals surface area (Å²) >= 11 is 4.70. The zero-order chi connectivity index (χ0) is 20.4. The Morgan fingerprint density at radius 3 is 2.76 bits per heavy atom. The summed E-state index contributed by atoms with van der Waals surface area (Å²) in [6.07, 6.45) is 2.14. The van der Waals surface area contributed by atoms with Crippen molar-refractivity contribution in [2.75, 3.05) is 6.61 Å². The molecule has 0 aliphatic rings. The van der Waals surface area contributed by atoms with Gasteiger partial charge in [0.25, 0.3) is 11.1 Å². The molecule has 0 spiro atoms. The van der Waals surface area contributed by atoms with Crippen LogP contribution in [0.15, 0.2) is 67.9 Å². The van der Waals surface area contributed by atoms with E-state index in [0.29, 0.717) is 46.1 Å². The molecule has 7 nitrogen and oxygen atoms in total. The minimum Gasteiger partial charge on any atom is -0.396 e. The summed E-state index contributed by atoms with van der Waals surface area (Å²) in [4.78, 5) is 34.4. The van der Waals surface area contributed by atoms with E-state index in [1.807, 2.05) is 12.1 Å². The lowest BCUT2D eigenvalue weighted by molar-refractivity contribution is 0.276. The monoisotopic (exact) mass is 472 g/mol. The van der Waals surface area contributed by atoms with Crippen molar-refractivity contribution in [1.82, 2.24) is 18.9 Å². The summed E-state index contributed by atoms with van der Waals surface area (Å²) in [6, 6.07) is 12.3. The standard InChI is InChI=1S/C20H17BrN4O3S/c21-13-6-7-17-22-14(10-18(27)25(17)11-13)12-29-20-23-16-5-2-1-4-15(16)19(28)24(20)8-3-9-26/h1-2,4-7,10-11,26H,3,8-9,12H2. The Kier molecular flexibility index (Phi) is 5.79. The second kappa shape index (κ2) is 8.48. The number of para-hydroxylation sites is 1. The van der Waals surface area contributed by atoms with Crippen molar-refractivity contribution in [1.29, 1.82) is 0 Å². The molecule has 0 aliphatic carbocycles. The first-order valence-corrected chi connectivity index (χ1v) is 10.8. The Bertz CT molecular complexity index is 1320. The largest absolute Gasteiger partial charge is 0.396 e. The minimum absolute atomic E-state index is 0.0120. The fourth-order valence-electron chi connectivity index (χ4n) is 3.02. The molecule has 0 unspecified atom stereocenters. The van der Waals surface area contributed by atoms with Crippen molar-refractivity contribution in [3.05, 3.63) is 79.5 Å². The molecule has 0 saturated carbocycles. The molecule has 0 radical (unpaired) electrons. The van der Waals surface area contributed by atoms with Crippen LogP contribution in [0.3, 0.4) is 0 Å². The lowest BCUT2D eigenvalue weighted by Gasteiger charge is -2.12. The molecule has 4 rings (SSSR count). The molecular formula is C20H17BrN4O3S. The maximum atomic E-state index is 12.9. The van der Waals surface area contributed by atoms with Crippen LogP contribution in [0.2, 0.25) is 0 Å². The number of rotatable bonds is 6. The Labute approximate surface area is 178 Å². The van der Waals surface area contributed by atoms with Gasteiger partial charge in [-0.05, 0) is 46.6 Å². The highest BCUT2D eigenvalue weighted by molar-refractivity contribution is 9.10. The van der Waals surface area contributed by atoms with Crippen LogP contribution >= 0.6 is 27.7 Å². The van der Waals surface area contributed by atoms with E-state index in [0.717, 1.165) is 4.47 Å². The predicted molar refractivity (Wildman–Crippen MR) is 116 cm³/mol. The number of fused-ring (bicyclic) bond motifs is 2. The first-order chi connectivity index (χ1) is 14.1. The number of thioether (sulfide) groups is 1. The van der Waals surface area contributed by atoms with Crippen molar-refractivity contribution < 1.29 is 5.11 Å². The van der Waals surface area contributed by atoms with Crippen molar-refractivity contribution in [2.24, 2.45) is 0 Å². The van der Waals surface area contributed by atoms with E-state index < -0.39 is 0 Å². The highest BCUT2D eigenvalue weighted by Gasteiger charge is 2.12. The number of nitrogens with zero attached hydrogens (tertiary/aromatic N) is 4. The predicted octanol–water partition coefficient (Wildman–Crippen LogP) is 2.84. The van der Waals surface area contributed by atoms with E-state index in [1.165, 1.54) is 22.2 Å². The maximum absolute atomic E-state index is 12.9. The number of aliphatic hydroxyl groups excluding tert-OH is 1. The number of hydrogen-bond donors (Lipinski definition) is 1. The quantitative estimate of drug-likeness (QED) is 0.342. The molecule has 0 saturated heterocycles. The van der Waals surface area contributed by atoms with Crippen molar-refractivity contribution in [3.63, 3.8) is 0 Å². The molecule has 0 fully saturated rings. The minimum atomic E-state index is -0.170. The normalized spacial score (nSPS) is 11.4. The number of aliphatic hydroxyl groups is 1. The third kappa shape index (κ3) is 4.12. The number of aromatic nitrogens is 4. The van der Waals surface area contributed by atoms with Crippen LogP contribution in [-0.4, -0.2) is 30.6 Å². The zero-order valence-corrected chi connectivity index (χ0v) is 17.7. The van der Waals surface area contributed by atoms with E-state index in [-0.39, 0.29) is 17.7 Å². The molecule has 0 amide bonds. The second-order valence-electron chi connectivity index (χ2n) is 6.40. The van der Waals surface area contributed by atoms with Crippen LogP contribution in [0, 0.1) is 0 Å². The molecule has 29 heavy (non-hydrogen) atoms. The van der Waals surface area contributed by atoms with Gasteiger partial charge in [0.05, 0.1) is 16.6 Å². The van der Waals surface area contributed by atoms with Crippen LogP contribution < -0.4 is 11.1 Å². The fourth-order valence-corrected chi connectivity index (χ4v) is 4.28. The van der Waals surface area contributed by atoms with Crippen LogP contribution in [-0.2, 0) is 12.3 Å². The van der Waals surface area contributed by atoms with Gasteiger partial charge in [0.15, 0.2) is 5.16 Å². The molecule has 1 aromatic carbocycles. The van der Waals surface area contributed by atoms with Crippen molar-refractivity contribution >= 4 is 44.2 Å². The third-order valence-corrected chi connectivity index (χ3v) is 5.87. The summed E-state index contributed by atoms with van der Waals surface area (Å²) in [6.45, 7) is 0.360. The Balaban J connectivity index is 1.70. The zero-order valence-electron chi connectivity index (χ0n) is 15.3. The van der Waals surface area contributed by atoms with Gasteiger partial charge in [-0.25, -0.2) is 9.97 Å². The van der Waals surface area contributed by atoms with Gasteiger partial charge in [-0.3, -0.25) is 18.6 Å². The molecule has 3 aromatic heterocycles. The molecule has 0 bridgehead atoms. The van der Waals surface area contributed by atoms with Crippen LogP contribution in [0.4, 0.5) is 0 Å². The van der Waals surface area contributed by atoms with Crippen molar-refractivity contribution in [3.8, 4) is 0 Å². The molecule has 4 aromatic rings. The van der Waals surface area contributed by atoms with E-state index >= 15 is 0 Å². The molecule has 0 aliphatic heterocycles. The van der Waals surface area contributed by atoms with Crippen molar-refractivity contribution in [2.45, 2.75) is 23.9 Å². The van der Waals surface area contributed by atoms with Gasteiger partial charge in [-0.2, -0.15) is 0 Å². The Hall–Kier alpha value is -2.49. The fraction of sp³-hybridized carbons (Fsp3) is 0.200. The number of pyridine rings is 1. The average Bonchev–Trinajstić information content (AvgIpc) is 2.72. The molecule has 148 valence electrons. The van der Waals surface area contributed by atoms with E-state index in [9.17, 15) is 14.7 Å². The molecule has 3 heterocycles. The summed E-state index contributed by atoms with van der Waals surface area (Å²) in [5, 5.41) is 10.3. The van der Waals surface area contributed by atoms with Crippen LogP contribution in [0.25, 0.3) is 16.6 Å². The molecule has 9 heteroatoms. The first-order valence-electron chi connectivity index (χ1n) is 8.98. The van der Waals surface area contributed by atoms with Gasteiger partial charge < -0.3 is 5.11 Å². The van der Waals surface area contributed by atoms with Gasteiger partial charge in [0.1, 0.15) is 5.65 Å². The smallest absolute Gasteiger partial charge is 0.262 e. The number of hydrogen-bond acceptors (Lipinski definition) is 6.